The quantitative estimate of drug-likeness (QED) is 0.510. The fourth-order valence-electron chi connectivity index (χ4n) is 1.68. The fourth-order valence-corrected chi connectivity index (χ4v) is 1.68. The van der Waals surface area contributed by atoms with Gasteiger partial charge >= 0.3 is 12.1 Å². The number of rotatable bonds is 8. The summed E-state index contributed by atoms with van der Waals surface area (Å²) in [5.74, 6) is -0.787. The van der Waals surface area contributed by atoms with Crippen LogP contribution in [0.2, 0.25) is 0 Å². The molecule has 0 heterocycles. The van der Waals surface area contributed by atoms with Gasteiger partial charge in [0.1, 0.15) is 5.60 Å². The molecule has 0 fully saturated rings. The van der Waals surface area contributed by atoms with E-state index >= 15 is 0 Å². The minimum absolute atomic E-state index is 0.214. The van der Waals surface area contributed by atoms with E-state index in [0.29, 0.717) is 19.6 Å². The molecule has 0 saturated carbocycles. The number of nitrogens with zero attached hydrogens (tertiary/aromatic N) is 1. The van der Waals surface area contributed by atoms with Crippen molar-refractivity contribution in [3.8, 4) is 0 Å². The molecule has 1 amide bonds. The van der Waals surface area contributed by atoms with Crippen LogP contribution in [0, 0.1) is 5.92 Å². The Morgan fingerprint density at radius 1 is 1.24 bits per heavy atom. The highest BCUT2D eigenvalue weighted by Gasteiger charge is 2.27. The smallest absolute Gasteiger partial charge is 0.410 e. The Kier molecular flexibility index (Phi) is 8.43. The molecule has 0 aliphatic rings. The van der Waals surface area contributed by atoms with E-state index in [9.17, 15) is 9.59 Å². The van der Waals surface area contributed by atoms with Gasteiger partial charge in [-0.15, -0.1) is 13.2 Å². The molecule has 0 unspecified atom stereocenters. The first-order chi connectivity index (χ1) is 9.75. The van der Waals surface area contributed by atoms with Gasteiger partial charge in [-0.2, -0.15) is 0 Å². The molecular formula is C16H27NO4. The van der Waals surface area contributed by atoms with Crippen molar-refractivity contribution in [2.45, 2.75) is 39.7 Å². The molecule has 0 aromatic heterocycles. The molecule has 120 valence electrons. The third-order valence-electron chi connectivity index (χ3n) is 2.51. The van der Waals surface area contributed by atoms with Gasteiger partial charge in [0.05, 0.1) is 12.5 Å². The van der Waals surface area contributed by atoms with E-state index in [2.05, 4.69) is 13.2 Å². The third kappa shape index (κ3) is 8.17. The number of hydrogen-bond acceptors (Lipinski definition) is 4. The second kappa shape index (κ2) is 9.21. The molecular weight excluding hydrogens is 270 g/mol. The van der Waals surface area contributed by atoms with Crippen LogP contribution in [0.25, 0.3) is 0 Å². The van der Waals surface area contributed by atoms with E-state index in [0.717, 1.165) is 0 Å². The second-order valence-electron chi connectivity index (χ2n) is 5.65. The Morgan fingerprint density at radius 2 is 1.86 bits per heavy atom. The lowest BCUT2D eigenvalue weighted by Gasteiger charge is -2.28. The van der Waals surface area contributed by atoms with Crippen molar-refractivity contribution in [1.29, 1.82) is 0 Å². The van der Waals surface area contributed by atoms with Crippen LogP contribution >= 0.6 is 0 Å². The average molecular weight is 297 g/mol. The van der Waals surface area contributed by atoms with Crippen molar-refractivity contribution in [3.05, 3.63) is 25.3 Å². The minimum atomic E-state index is -0.589. The molecule has 0 N–H and O–H groups in total. The van der Waals surface area contributed by atoms with Crippen LogP contribution in [-0.4, -0.2) is 42.3 Å². The maximum atomic E-state index is 12.1. The normalized spacial score (nSPS) is 12.2. The summed E-state index contributed by atoms with van der Waals surface area (Å²) < 4.78 is 10.4. The Bertz CT molecular complexity index is 371. The maximum absolute atomic E-state index is 12.1. The Balaban J connectivity index is 4.91. The van der Waals surface area contributed by atoms with E-state index in [1.807, 2.05) is 0 Å². The van der Waals surface area contributed by atoms with E-state index < -0.39 is 17.6 Å². The average Bonchev–Trinajstić information content (AvgIpc) is 2.35. The van der Waals surface area contributed by atoms with Gasteiger partial charge < -0.3 is 14.4 Å². The van der Waals surface area contributed by atoms with Crippen molar-refractivity contribution in [2.24, 2.45) is 5.92 Å². The first-order valence-electron chi connectivity index (χ1n) is 7.11. The summed E-state index contributed by atoms with van der Waals surface area (Å²) in [5, 5.41) is 0. The van der Waals surface area contributed by atoms with Gasteiger partial charge in [0.15, 0.2) is 0 Å². The zero-order valence-corrected chi connectivity index (χ0v) is 13.6. The molecule has 0 aliphatic heterocycles. The number of carbonyl (C=O) groups is 2. The maximum Gasteiger partial charge on any atom is 0.410 e. The molecule has 0 radical (unpaired) electrons. The highest BCUT2D eigenvalue weighted by atomic mass is 16.6. The molecule has 21 heavy (non-hydrogen) atoms. The predicted molar refractivity (Wildman–Crippen MR) is 82.9 cm³/mol. The lowest BCUT2D eigenvalue weighted by atomic mass is 10.1. The number of esters is 1. The monoisotopic (exact) mass is 297 g/mol. The Morgan fingerprint density at radius 3 is 2.29 bits per heavy atom. The first-order valence-corrected chi connectivity index (χ1v) is 7.11. The first kappa shape index (κ1) is 19.2. The number of ether oxygens (including phenoxy) is 2. The summed E-state index contributed by atoms with van der Waals surface area (Å²) in [6, 6.07) is 0. The summed E-state index contributed by atoms with van der Waals surface area (Å²) in [5.41, 5.74) is -0.589. The lowest BCUT2D eigenvalue weighted by molar-refractivity contribution is -0.148. The van der Waals surface area contributed by atoms with Crippen LogP contribution in [0.4, 0.5) is 4.79 Å². The predicted octanol–water partition coefficient (Wildman–Crippen LogP) is 3.16. The highest BCUT2D eigenvalue weighted by molar-refractivity contribution is 5.74. The number of allylic oxidation sites excluding steroid dienone is 1. The van der Waals surface area contributed by atoms with E-state index in [-0.39, 0.29) is 12.5 Å². The molecule has 0 aromatic carbocycles. The van der Waals surface area contributed by atoms with E-state index in [4.69, 9.17) is 9.47 Å². The largest absolute Gasteiger partial charge is 0.466 e. The Hall–Kier alpha value is -1.78. The zero-order valence-electron chi connectivity index (χ0n) is 13.6. The summed E-state index contributed by atoms with van der Waals surface area (Å²) >= 11 is 0. The van der Waals surface area contributed by atoms with Gasteiger partial charge in [0, 0.05) is 13.1 Å². The Labute approximate surface area is 127 Å². The van der Waals surface area contributed by atoms with Gasteiger partial charge in [-0.25, -0.2) is 4.79 Å². The number of hydrogen-bond donors (Lipinski definition) is 0. The van der Waals surface area contributed by atoms with Crippen LogP contribution in [0.5, 0.6) is 0 Å². The van der Waals surface area contributed by atoms with Gasteiger partial charge in [-0.05, 0) is 34.1 Å². The van der Waals surface area contributed by atoms with Crippen molar-refractivity contribution >= 4 is 12.1 Å². The van der Waals surface area contributed by atoms with Crippen LogP contribution in [0.1, 0.15) is 34.1 Å². The summed E-state index contributed by atoms with van der Waals surface area (Å²) in [6.07, 6.45) is 3.21. The fraction of sp³-hybridized carbons (Fsp3) is 0.625. The van der Waals surface area contributed by atoms with Crippen molar-refractivity contribution in [3.63, 3.8) is 0 Å². The van der Waals surface area contributed by atoms with Gasteiger partial charge in [-0.3, -0.25) is 4.79 Å². The highest BCUT2D eigenvalue weighted by Crippen LogP contribution is 2.14. The lowest BCUT2D eigenvalue weighted by Crippen LogP contribution is -2.41. The van der Waals surface area contributed by atoms with E-state index in [1.165, 1.54) is 4.90 Å². The van der Waals surface area contributed by atoms with Crippen molar-refractivity contribution < 1.29 is 19.1 Å². The van der Waals surface area contributed by atoms with Crippen LogP contribution in [0.15, 0.2) is 25.3 Å². The van der Waals surface area contributed by atoms with Crippen molar-refractivity contribution in [2.75, 3.05) is 19.7 Å². The number of carbonyl (C=O) groups excluding carboxylic acids is 2. The third-order valence-corrected chi connectivity index (χ3v) is 2.51. The van der Waals surface area contributed by atoms with Crippen LogP contribution < -0.4 is 0 Å². The molecule has 0 aromatic rings. The molecule has 0 spiro atoms. The second-order valence-corrected chi connectivity index (χ2v) is 5.65. The summed E-state index contributed by atoms with van der Waals surface area (Å²) in [7, 11) is 0. The molecule has 0 rings (SSSR count). The SMILES string of the molecule is C=CC[C@@H](CN(CC=C)C(=O)OC(C)(C)C)C(=O)OCC. The molecule has 0 aliphatic carbocycles. The van der Waals surface area contributed by atoms with Crippen LogP contribution in [-0.2, 0) is 14.3 Å². The van der Waals surface area contributed by atoms with Gasteiger partial charge in [0.25, 0.3) is 0 Å². The van der Waals surface area contributed by atoms with Crippen molar-refractivity contribution in [1.82, 2.24) is 4.90 Å². The van der Waals surface area contributed by atoms with Gasteiger partial charge in [-0.1, -0.05) is 12.2 Å². The molecule has 5 nitrogen and oxygen atoms in total. The molecule has 0 bridgehead atoms. The standard InChI is InChI=1S/C16H27NO4/c1-7-10-13(14(18)20-9-3)12-17(11-8-2)15(19)21-16(4,5)6/h7-8,13H,1-2,9-12H2,3-6H3/t13-/m0/s1. The van der Waals surface area contributed by atoms with Gasteiger partial charge in [0.2, 0.25) is 0 Å². The summed E-state index contributed by atoms with van der Waals surface area (Å²) in [4.78, 5) is 25.5. The topological polar surface area (TPSA) is 55.8 Å². The van der Waals surface area contributed by atoms with E-state index in [1.54, 1.807) is 39.8 Å². The van der Waals surface area contributed by atoms with Crippen LogP contribution in [0.3, 0.4) is 0 Å². The summed E-state index contributed by atoms with van der Waals surface area (Å²) in [6.45, 7) is 15.2. The molecule has 5 heteroatoms. The number of amides is 1. The zero-order chi connectivity index (χ0) is 16.5. The molecule has 1 atom stereocenters. The molecule has 0 saturated heterocycles. The minimum Gasteiger partial charge on any atom is -0.466 e.